The Bertz CT molecular complexity index is 1540. The van der Waals surface area contributed by atoms with Crippen molar-refractivity contribution >= 4 is 44.9 Å². The molecule has 0 radical (unpaired) electrons. The first-order chi connectivity index (χ1) is 18.6. The number of hydrogen-bond acceptors (Lipinski definition) is 7. The van der Waals surface area contributed by atoms with Crippen LogP contribution in [0.3, 0.4) is 0 Å². The lowest BCUT2D eigenvalue weighted by atomic mass is 9.92. The van der Waals surface area contributed by atoms with Crippen molar-refractivity contribution in [3.63, 3.8) is 0 Å². The third-order valence-corrected chi connectivity index (χ3v) is 8.68. The first kappa shape index (κ1) is 26.1. The number of carbonyl (C=O) groups is 1. The van der Waals surface area contributed by atoms with E-state index in [-0.39, 0.29) is 12.1 Å². The molecule has 0 bridgehead atoms. The van der Waals surface area contributed by atoms with Crippen LogP contribution in [0.4, 0.5) is 10.5 Å². The Morgan fingerprint density at radius 1 is 1.21 bits per heavy atom. The second-order valence-corrected chi connectivity index (χ2v) is 13.0. The van der Waals surface area contributed by atoms with Gasteiger partial charge in [-0.3, -0.25) is 9.67 Å². The van der Waals surface area contributed by atoms with Crippen LogP contribution in [0, 0.1) is 0 Å². The number of hydrogen-bond donors (Lipinski definition) is 0. The number of amides is 1. The van der Waals surface area contributed by atoms with Gasteiger partial charge in [-0.1, -0.05) is 16.8 Å². The predicted octanol–water partition coefficient (Wildman–Crippen LogP) is 6.10. The van der Waals surface area contributed by atoms with E-state index in [9.17, 15) is 4.79 Å². The molecular weight excluding hydrogens is 532 g/mol. The Kier molecular flexibility index (Phi) is 6.75. The molecule has 2 aliphatic rings. The molecule has 5 heterocycles. The quantitative estimate of drug-likeness (QED) is 0.298. The molecule has 1 fully saturated rings. The number of fused-ring (bicyclic) bond motifs is 2. The highest BCUT2D eigenvalue weighted by Crippen LogP contribution is 2.45. The minimum Gasteiger partial charge on any atom is -0.444 e. The van der Waals surface area contributed by atoms with Crippen LogP contribution in [0.25, 0.3) is 21.3 Å². The highest BCUT2D eigenvalue weighted by atomic mass is 35.5. The zero-order valence-electron chi connectivity index (χ0n) is 22.8. The van der Waals surface area contributed by atoms with Crippen molar-refractivity contribution in [2.24, 2.45) is 7.05 Å². The molecule has 1 saturated heterocycles. The molecule has 39 heavy (non-hydrogen) atoms. The lowest BCUT2D eigenvalue weighted by molar-refractivity contribution is 0.0292. The average molecular weight is 565 g/mol. The maximum atomic E-state index is 12.8. The number of anilines is 1. The molecule has 8 nitrogen and oxygen atoms in total. The van der Waals surface area contributed by atoms with Crippen LogP contribution in [-0.2, 0) is 24.6 Å². The summed E-state index contributed by atoms with van der Waals surface area (Å²) in [6.45, 7) is 8.04. The Balaban J connectivity index is 1.36. The van der Waals surface area contributed by atoms with E-state index < -0.39 is 5.60 Å². The fourth-order valence-corrected chi connectivity index (χ4v) is 7.14. The van der Waals surface area contributed by atoms with Crippen LogP contribution in [0.15, 0.2) is 36.7 Å². The Morgan fingerprint density at radius 3 is 2.82 bits per heavy atom. The van der Waals surface area contributed by atoms with Crippen LogP contribution in [-0.4, -0.2) is 62.2 Å². The van der Waals surface area contributed by atoms with Gasteiger partial charge in [0, 0.05) is 78.3 Å². The number of thiophene rings is 1. The lowest BCUT2D eigenvalue weighted by Crippen LogP contribution is -2.43. The molecule has 2 aliphatic heterocycles. The van der Waals surface area contributed by atoms with Crippen LogP contribution in [0.5, 0.6) is 0 Å². The molecule has 1 unspecified atom stereocenters. The molecular formula is C29H33ClN6O2S. The molecule has 10 heteroatoms. The van der Waals surface area contributed by atoms with Crippen LogP contribution >= 0.6 is 22.9 Å². The number of ether oxygens (including phenoxy) is 1. The number of pyridine rings is 1. The highest BCUT2D eigenvalue weighted by Gasteiger charge is 2.36. The van der Waals surface area contributed by atoms with E-state index in [2.05, 4.69) is 44.5 Å². The first-order valence-corrected chi connectivity index (χ1v) is 14.6. The Morgan fingerprint density at radius 2 is 2.05 bits per heavy atom. The van der Waals surface area contributed by atoms with E-state index in [1.54, 1.807) is 16.0 Å². The molecule has 0 N–H and O–H groups in total. The van der Waals surface area contributed by atoms with Crippen molar-refractivity contribution in [2.75, 3.05) is 24.5 Å². The van der Waals surface area contributed by atoms with Gasteiger partial charge in [0.15, 0.2) is 0 Å². The summed E-state index contributed by atoms with van der Waals surface area (Å²) in [7, 11) is 1.88. The number of rotatable bonds is 4. The number of carbonyl (C=O) groups excluding carboxylic acids is 1. The van der Waals surface area contributed by atoms with Gasteiger partial charge in [0.25, 0.3) is 0 Å². The van der Waals surface area contributed by atoms with Crippen molar-refractivity contribution < 1.29 is 9.53 Å². The maximum absolute atomic E-state index is 12.8. The van der Waals surface area contributed by atoms with Gasteiger partial charge in [0.1, 0.15) is 5.60 Å². The monoisotopic (exact) mass is 564 g/mol. The van der Waals surface area contributed by atoms with Gasteiger partial charge < -0.3 is 14.5 Å². The fourth-order valence-electron chi connectivity index (χ4n) is 5.74. The zero-order chi connectivity index (χ0) is 27.3. The van der Waals surface area contributed by atoms with E-state index in [0.29, 0.717) is 13.1 Å². The summed E-state index contributed by atoms with van der Waals surface area (Å²) in [6, 6.07) is 8.69. The standard InChI is InChI=1S/C29H33ClN6O2S/c1-29(2,3)38-28(37)35-11-8-21(17-35)36-10-5-6-18-12-19(30)13-24(26(18)36)23-7-9-31-25-15-22(39-27(23)25)14-20-16-34(4)33-32-20/h7,9,12-13,15-16,21H,5-6,8,10-11,14,17H2,1-4H3. The van der Waals surface area contributed by atoms with Crippen molar-refractivity contribution in [2.45, 2.75) is 58.1 Å². The van der Waals surface area contributed by atoms with E-state index in [1.165, 1.54) is 16.1 Å². The van der Waals surface area contributed by atoms with Crippen molar-refractivity contribution in [3.8, 4) is 11.1 Å². The van der Waals surface area contributed by atoms with Gasteiger partial charge in [0.05, 0.1) is 15.9 Å². The van der Waals surface area contributed by atoms with Gasteiger partial charge in [0.2, 0.25) is 0 Å². The topological polar surface area (TPSA) is 76.4 Å². The van der Waals surface area contributed by atoms with Gasteiger partial charge in [-0.15, -0.1) is 16.4 Å². The third kappa shape index (κ3) is 5.34. The summed E-state index contributed by atoms with van der Waals surface area (Å²) in [6.07, 6.45) is 7.28. The van der Waals surface area contributed by atoms with E-state index >= 15 is 0 Å². The number of likely N-dealkylation sites (tertiary alicyclic amines) is 1. The first-order valence-electron chi connectivity index (χ1n) is 13.4. The van der Waals surface area contributed by atoms with Gasteiger partial charge in [-0.2, -0.15) is 0 Å². The Hall–Kier alpha value is -3.17. The summed E-state index contributed by atoms with van der Waals surface area (Å²) >= 11 is 8.47. The summed E-state index contributed by atoms with van der Waals surface area (Å²) in [4.78, 5) is 23.0. The molecule has 0 spiro atoms. The molecule has 6 rings (SSSR count). The molecule has 1 aromatic carbocycles. The third-order valence-electron chi connectivity index (χ3n) is 7.30. The normalized spacial score (nSPS) is 17.6. The van der Waals surface area contributed by atoms with Crippen molar-refractivity contribution in [1.29, 1.82) is 0 Å². The zero-order valence-corrected chi connectivity index (χ0v) is 24.3. The number of aromatic nitrogens is 4. The lowest BCUT2D eigenvalue weighted by Gasteiger charge is -2.38. The number of nitrogens with zero attached hydrogens (tertiary/aromatic N) is 6. The molecule has 1 amide bonds. The molecule has 0 saturated carbocycles. The van der Waals surface area contributed by atoms with Gasteiger partial charge >= 0.3 is 6.09 Å². The number of aryl methyl sites for hydroxylation is 2. The summed E-state index contributed by atoms with van der Waals surface area (Å²) < 4.78 is 8.54. The number of halogens is 1. The molecule has 3 aromatic heterocycles. The molecule has 204 valence electrons. The van der Waals surface area contributed by atoms with Crippen LogP contribution in [0.1, 0.15) is 49.7 Å². The SMILES string of the molecule is Cn1cc(Cc2cc3nccc(-c4cc(Cl)cc5c4N(C4CCN(C(=O)OC(C)(C)C)C4)CCC5)c3s2)nn1. The van der Waals surface area contributed by atoms with Crippen LogP contribution in [0.2, 0.25) is 5.02 Å². The molecule has 4 aromatic rings. The summed E-state index contributed by atoms with van der Waals surface area (Å²) in [5.74, 6) is 0. The molecule has 1 atom stereocenters. The van der Waals surface area contributed by atoms with E-state index in [4.69, 9.17) is 16.3 Å². The minimum atomic E-state index is -0.504. The van der Waals surface area contributed by atoms with E-state index in [0.717, 1.165) is 64.3 Å². The largest absolute Gasteiger partial charge is 0.444 e. The van der Waals surface area contributed by atoms with Gasteiger partial charge in [-0.25, -0.2) is 4.79 Å². The highest BCUT2D eigenvalue weighted by molar-refractivity contribution is 7.19. The van der Waals surface area contributed by atoms with Gasteiger partial charge in [-0.05, 0) is 69.9 Å². The van der Waals surface area contributed by atoms with Crippen LogP contribution < -0.4 is 4.90 Å². The number of benzene rings is 1. The average Bonchev–Trinajstić information content (AvgIpc) is 3.61. The molecule has 0 aliphatic carbocycles. The predicted molar refractivity (Wildman–Crippen MR) is 156 cm³/mol. The minimum absolute atomic E-state index is 0.226. The Labute approximate surface area is 237 Å². The van der Waals surface area contributed by atoms with Crippen molar-refractivity contribution in [3.05, 3.63) is 57.8 Å². The second kappa shape index (κ2) is 10.1. The second-order valence-electron chi connectivity index (χ2n) is 11.5. The maximum Gasteiger partial charge on any atom is 0.410 e. The van der Waals surface area contributed by atoms with Crippen molar-refractivity contribution in [1.82, 2.24) is 24.9 Å². The summed E-state index contributed by atoms with van der Waals surface area (Å²) in [5, 5.41) is 9.08. The fraction of sp³-hybridized carbons (Fsp3) is 0.448. The van der Waals surface area contributed by atoms with E-state index in [1.807, 2.05) is 45.1 Å². The smallest absolute Gasteiger partial charge is 0.410 e. The summed E-state index contributed by atoms with van der Waals surface area (Å²) in [5.41, 5.74) is 6.18.